The van der Waals surface area contributed by atoms with Crippen molar-refractivity contribution in [2.75, 3.05) is 20.2 Å². The molecule has 0 saturated carbocycles. The van der Waals surface area contributed by atoms with Crippen molar-refractivity contribution in [3.63, 3.8) is 0 Å². The maximum Gasteiger partial charge on any atom is 0.262 e. The van der Waals surface area contributed by atoms with Crippen molar-refractivity contribution in [2.24, 2.45) is 0 Å². The van der Waals surface area contributed by atoms with Crippen molar-refractivity contribution in [1.82, 2.24) is 14.8 Å². The van der Waals surface area contributed by atoms with E-state index in [4.69, 9.17) is 16.3 Å². The first kappa shape index (κ1) is 29.2. The first-order valence-corrected chi connectivity index (χ1v) is 13.6. The number of halogens is 1. The molecule has 1 aromatic heterocycles. The van der Waals surface area contributed by atoms with E-state index in [1.54, 1.807) is 46.9 Å². The number of aromatic nitrogens is 1. The molecule has 0 aliphatic heterocycles. The van der Waals surface area contributed by atoms with Crippen molar-refractivity contribution < 1.29 is 19.1 Å². The van der Waals surface area contributed by atoms with Gasteiger partial charge in [0.1, 0.15) is 11.3 Å². The van der Waals surface area contributed by atoms with Crippen LogP contribution in [0.15, 0.2) is 42.5 Å². The van der Waals surface area contributed by atoms with E-state index in [-0.39, 0.29) is 17.7 Å². The van der Waals surface area contributed by atoms with Crippen molar-refractivity contribution >= 4 is 40.2 Å². The Bertz CT molecular complexity index is 1310. The third kappa shape index (κ3) is 5.58. The highest BCUT2D eigenvalue weighted by Gasteiger charge is 2.46. The Morgan fingerprint density at radius 1 is 1.03 bits per heavy atom. The molecule has 1 unspecified atom stereocenters. The van der Waals surface area contributed by atoms with Gasteiger partial charge in [-0.15, -0.1) is 0 Å². The first-order chi connectivity index (χ1) is 18.1. The quantitative estimate of drug-likeness (QED) is 0.299. The van der Waals surface area contributed by atoms with Gasteiger partial charge in [-0.25, -0.2) is 0 Å². The summed E-state index contributed by atoms with van der Waals surface area (Å²) in [5.74, 6) is -0.150. The summed E-state index contributed by atoms with van der Waals surface area (Å²) in [6.07, 6.45) is 2.99. The van der Waals surface area contributed by atoms with Gasteiger partial charge in [0.2, 0.25) is 5.91 Å². The monoisotopic (exact) mass is 539 g/mol. The van der Waals surface area contributed by atoms with Gasteiger partial charge < -0.3 is 15.0 Å². The molecular formula is C30H38ClN3O4. The maximum absolute atomic E-state index is 14.4. The van der Waals surface area contributed by atoms with Crippen molar-refractivity contribution in [1.29, 1.82) is 0 Å². The van der Waals surface area contributed by atoms with E-state index in [9.17, 15) is 14.4 Å². The van der Waals surface area contributed by atoms with Crippen LogP contribution in [0.2, 0.25) is 5.02 Å². The molecule has 2 amide bonds. The van der Waals surface area contributed by atoms with E-state index in [0.717, 1.165) is 19.3 Å². The van der Waals surface area contributed by atoms with Gasteiger partial charge >= 0.3 is 0 Å². The van der Waals surface area contributed by atoms with Crippen LogP contribution in [0.4, 0.5) is 0 Å². The highest BCUT2D eigenvalue weighted by molar-refractivity contribution is 6.30. The number of unbranched alkanes of at least 4 members (excludes halogenated alkanes) is 2. The first-order valence-electron chi connectivity index (χ1n) is 13.2. The average molecular weight is 540 g/mol. The number of likely N-dealkylation sites (N-methyl/N-ethyl adjacent to an activating group) is 1. The number of hydrogen-bond acceptors (Lipinski definition) is 4. The van der Waals surface area contributed by atoms with Gasteiger partial charge in [-0.1, -0.05) is 37.8 Å². The fourth-order valence-electron chi connectivity index (χ4n) is 5.29. The molecule has 0 fully saturated rings. The molecule has 204 valence electrons. The van der Waals surface area contributed by atoms with Gasteiger partial charge in [-0.2, -0.15) is 0 Å². The molecule has 38 heavy (non-hydrogen) atoms. The fourth-order valence-corrected chi connectivity index (χ4v) is 5.41. The molecule has 0 radical (unpaired) electrons. The Morgan fingerprint density at radius 3 is 2.24 bits per heavy atom. The predicted molar refractivity (Wildman–Crippen MR) is 152 cm³/mol. The molecule has 3 rings (SSSR count). The van der Waals surface area contributed by atoms with Crippen molar-refractivity contribution in [2.45, 2.75) is 65.8 Å². The topological polar surface area (TPSA) is 80.6 Å². The Kier molecular flexibility index (Phi) is 9.60. The van der Waals surface area contributed by atoms with Crippen LogP contribution in [0.1, 0.15) is 75.0 Å². The van der Waals surface area contributed by atoms with Gasteiger partial charge in [-0.05, 0) is 69.7 Å². The second kappa shape index (κ2) is 12.5. The summed E-state index contributed by atoms with van der Waals surface area (Å²) < 4.78 is 7.16. The molecule has 0 aliphatic carbocycles. The third-order valence-corrected chi connectivity index (χ3v) is 7.34. The molecule has 0 spiro atoms. The zero-order chi connectivity index (χ0) is 28.0. The van der Waals surface area contributed by atoms with E-state index >= 15 is 0 Å². The summed E-state index contributed by atoms with van der Waals surface area (Å²) >= 11 is 6.07. The van der Waals surface area contributed by atoms with Crippen LogP contribution in [0, 0.1) is 6.92 Å². The number of carbonyl (C=O) groups excluding carboxylic acids is 3. The zero-order valence-electron chi connectivity index (χ0n) is 23.2. The second-order valence-electron chi connectivity index (χ2n) is 9.51. The zero-order valence-corrected chi connectivity index (χ0v) is 23.9. The summed E-state index contributed by atoms with van der Waals surface area (Å²) in [5, 5.41) is 4.30. The lowest BCUT2D eigenvalue weighted by atomic mass is 9.81. The Labute approximate surface area is 230 Å². The molecule has 3 aromatic rings. The Hall–Kier alpha value is -3.32. The average Bonchev–Trinajstić information content (AvgIpc) is 3.19. The molecule has 0 aliphatic rings. The highest BCUT2D eigenvalue weighted by Crippen LogP contribution is 2.41. The second-order valence-corrected chi connectivity index (χ2v) is 9.95. The normalized spacial score (nSPS) is 12.7. The Morgan fingerprint density at radius 2 is 1.68 bits per heavy atom. The molecular weight excluding hydrogens is 502 g/mol. The number of ether oxygens (including phenoxy) is 1. The minimum atomic E-state index is -1.35. The van der Waals surface area contributed by atoms with Crippen LogP contribution in [0.5, 0.6) is 5.75 Å². The third-order valence-electron chi connectivity index (χ3n) is 7.09. The molecule has 8 heteroatoms. The van der Waals surface area contributed by atoms with E-state index < -0.39 is 5.54 Å². The molecule has 1 atom stereocenters. The predicted octanol–water partition coefficient (Wildman–Crippen LogP) is 6.08. The number of carbonyl (C=O) groups is 3. The minimum Gasteiger partial charge on any atom is -0.497 e. The number of hydrogen-bond donors (Lipinski definition) is 1. The van der Waals surface area contributed by atoms with E-state index in [0.29, 0.717) is 58.0 Å². The van der Waals surface area contributed by atoms with Crippen LogP contribution in [0.25, 0.3) is 10.9 Å². The van der Waals surface area contributed by atoms with E-state index in [2.05, 4.69) is 12.2 Å². The molecule has 7 nitrogen and oxygen atoms in total. The van der Waals surface area contributed by atoms with Crippen molar-refractivity contribution in [3.8, 4) is 5.75 Å². The smallest absolute Gasteiger partial charge is 0.262 e. The summed E-state index contributed by atoms with van der Waals surface area (Å²) in [7, 11) is 1.58. The number of fused-ring (bicyclic) bond motifs is 1. The molecule has 2 aromatic carbocycles. The molecule has 0 saturated heterocycles. The number of methoxy groups -OCH3 is 1. The summed E-state index contributed by atoms with van der Waals surface area (Å²) in [6, 6.07) is 12.2. The van der Waals surface area contributed by atoms with Crippen LogP contribution in [0.3, 0.4) is 0 Å². The number of benzene rings is 2. The molecule has 1 heterocycles. The lowest BCUT2D eigenvalue weighted by molar-refractivity contribution is -0.142. The minimum absolute atomic E-state index is 0.183. The van der Waals surface area contributed by atoms with E-state index in [1.165, 1.54) is 6.92 Å². The number of rotatable bonds is 11. The van der Waals surface area contributed by atoms with Gasteiger partial charge in [0.15, 0.2) is 0 Å². The largest absolute Gasteiger partial charge is 0.497 e. The lowest BCUT2D eigenvalue weighted by Crippen LogP contribution is -2.57. The van der Waals surface area contributed by atoms with Crippen LogP contribution >= 0.6 is 11.6 Å². The summed E-state index contributed by atoms with van der Waals surface area (Å²) in [5.41, 5.74) is 0.961. The Balaban J connectivity index is 2.43. The maximum atomic E-state index is 14.4. The molecule has 1 N–H and O–H groups in total. The van der Waals surface area contributed by atoms with Crippen LogP contribution in [-0.4, -0.2) is 47.4 Å². The fraction of sp³-hybridized carbons (Fsp3) is 0.433. The summed E-state index contributed by atoms with van der Waals surface area (Å²) in [4.78, 5) is 42.7. The number of nitrogens with zero attached hydrogens (tertiary/aromatic N) is 2. The van der Waals surface area contributed by atoms with Crippen LogP contribution < -0.4 is 10.1 Å². The summed E-state index contributed by atoms with van der Waals surface area (Å²) in [6.45, 7) is 10.2. The lowest BCUT2D eigenvalue weighted by Gasteiger charge is -2.38. The van der Waals surface area contributed by atoms with Crippen molar-refractivity contribution in [3.05, 3.63) is 64.3 Å². The van der Waals surface area contributed by atoms with Gasteiger partial charge in [0, 0.05) is 47.2 Å². The van der Waals surface area contributed by atoms with Gasteiger partial charge in [0.25, 0.3) is 11.8 Å². The standard InChI is InChI=1S/C30H38ClN3O4/c1-7-10-11-18-30(32-21(5)35,29(37)33(8-2)9-3)27-20(4)34(26-17-16-24(38-6)19-25(26)27)28(36)22-12-14-23(31)15-13-22/h12-17,19H,7-11,18H2,1-6H3,(H,32,35). The number of nitrogens with one attached hydrogen (secondary N) is 1. The van der Waals surface area contributed by atoms with E-state index in [1.807, 2.05) is 32.9 Å². The SMILES string of the molecule is CCCCCC(NC(C)=O)(C(=O)N(CC)CC)c1c(C)n(C(=O)c2ccc(Cl)cc2)c2ccc(OC)cc12. The molecule has 0 bridgehead atoms. The van der Waals surface area contributed by atoms with Crippen LogP contribution in [-0.2, 0) is 15.1 Å². The van der Waals surface area contributed by atoms with Gasteiger partial charge in [-0.3, -0.25) is 19.0 Å². The number of amides is 2. The van der Waals surface area contributed by atoms with Gasteiger partial charge in [0.05, 0.1) is 12.6 Å². The highest BCUT2D eigenvalue weighted by atomic mass is 35.5.